The van der Waals surface area contributed by atoms with Crippen LogP contribution in [0.3, 0.4) is 0 Å². The van der Waals surface area contributed by atoms with E-state index in [9.17, 15) is 26.3 Å². The van der Waals surface area contributed by atoms with Gasteiger partial charge in [-0.3, -0.25) is 0 Å². The fraction of sp³-hybridized carbons (Fsp3) is 0.636. The molecule has 0 aliphatic carbocycles. The van der Waals surface area contributed by atoms with E-state index < -0.39 is 37.5 Å². The van der Waals surface area contributed by atoms with Gasteiger partial charge >= 0.3 is 18.4 Å². The molecule has 0 saturated heterocycles. The normalized spacial score (nSPS) is 12.6. The lowest BCUT2D eigenvalue weighted by molar-refractivity contribution is -0.155. The number of rotatable bonds is 5. The molecular formula is C11H12F6N2O2. The Bertz CT molecular complexity index is 437. The minimum Gasteiger partial charge on any atom is -0.468 e. The van der Waals surface area contributed by atoms with Crippen molar-refractivity contribution in [1.82, 2.24) is 9.97 Å². The van der Waals surface area contributed by atoms with Crippen molar-refractivity contribution in [1.29, 1.82) is 0 Å². The van der Waals surface area contributed by atoms with E-state index in [0.29, 0.717) is 0 Å². The third-order valence-corrected chi connectivity index (χ3v) is 2.04. The minimum absolute atomic E-state index is 0.208. The molecule has 10 heteroatoms. The second kappa shape index (κ2) is 6.35. The Morgan fingerprint density at radius 3 is 1.95 bits per heavy atom. The predicted octanol–water partition coefficient (Wildman–Crippen LogP) is 3.48. The molecule has 0 aliphatic heterocycles. The highest BCUT2D eigenvalue weighted by Gasteiger charge is 2.30. The van der Waals surface area contributed by atoms with E-state index in [4.69, 9.17) is 0 Å². The molecule has 0 amide bonds. The van der Waals surface area contributed by atoms with Crippen LogP contribution in [0.1, 0.15) is 25.5 Å². The third-order valence-electron chi connectivity index (χ3n) is 2.04. The Balaban J connectivity index is 2.90. The van der Waals surface area contributed by atoms with E-state index >= 15 is 0 Å². The highest BCUT2D eigenvalue weighted by molar-refractivity contribution is 5.21. The van der Waals surface area contributed by atoms with Gasteiger partial charge in [0.2, 0.25) is 5.88 Å². The molecule has 21 heavy (non-hydrogen) atoms. The van der Waals surface area contributed by atoms with Crippen molar-refractivity contribution in [2.45, 2.75) is 32.1 Å². The maximum atomic E-state index is 12.1. The number of nitrogens with zero attached hydrogens (tertiary/aromatic N) is 2. The van der Waals surface area contributed by atoms with Crippen LogP contribution in [0.5, 0.6) is 11.9 Å². The maximum Gasteiger partial charge on any atom is 0.422 e. The van der Waals surface area contributed by atoms with Gasteiger partial charge in [-0.05, 0) is 5.92 Å². The van der Waals surface area contributed by atoms with Crippen LogP contribution < -0.4 is 9.47 Å². The van der Waals surface area contributed by atoms with Crippen molar-refractivity contribution >= 4 is 0 Å². The van der Waals surface area contributed by atoms with Gasteiger partial charge in [-0.2, -0.15) is 36.3 Å². The molecule has 0 bridgehead atoms. The van der Waals surface area contributed by atoms with Gasteiger partial charge in [-0.15, -0.1) is 0 Å². The third kappa shape index (κ3) is 7.00. The Hall–Kier alpha value is -1.74. The largest absolute Gasteiger partial charge is 0.468 e. The summed E-state index contributed by atoms with van der Waals surface area (Å²) in [7, 11) is 0. The number of ether oxygens (including phenoxy) is 2. The Kier molecular flexibility index (Phi) is 5.24. The minimum atomic E-state index is -4.61. The average molecular weight is 318 g/mol. The molecule has 0 N–H and O–H groups in total. The molecule has 1 aromatic heterocycles. The molecule has 1 aromatic rings. The Morgan fingerprint density at radius 1 is 0.952 bits per heavy atom. The number of halogens is 6. The zero-order valence-electron chi connectivity index (χ0n) is 11.0. The highest BCUT2D eigenvalue weighted by Crippen LogP contribution is 2.24. The topological polar surface area (TPSA) is 44.2 Å². The predicted molar refractivity (Wildman–Crippen MR) is 59.2 cm³/mol. The van der Waals surface area contributed by atoms with Gasteiger partial charge in [0.15, 0.2) is 13.2 Å². The summed E-state index contributed by atoms with van der Waals surface area (Å²) in [4.78, 5) is 7.05. The summed E-state index contributed by atoms with van der Waals surface area (Å²) < 4.78 is 81.0. The lowest BCUT2D eigenvalue weighted by Gasteiger charge is -2.13. The second-order valence-electron chi connectivity index (χ2n) is 4.38. The summed E-state index contributed by atoms with van der Waals surface area (Å²) in [5.74, 6) is -0.752. The van der Waals surface area contributed by atoms with Crippen molar-refractivity contribution in [2.75, 3.05) is 13.2 Å². The molecular weight excluding hydrogens is 306 g/mol. The quantitative estimate of drug-likeness (QED) is 0.780. The molecule has 0 atom stereocenters. The van der Waals surface area contributed by atoms with E-state index in [-0.39, 0.29) is 11.6 Å². The molecule has 0 saturated carbocycles. The molecule has 0 fully saturated rings. The standard InChI is InChI=1S/C11H12F6N2O2/c1-6(2)7-3-8(20-4-10(12,13)14)19-9(18-7)21-5-11(15,16)17/h3,6H,4-5H2,1-2H3. The summed E-state index contributed by atoms with van der Waals surface area (Å²) in [6.45, 7) is 0.0559. The molecule has 0 radical (unpaired) electrons. The lowest BCUT2D eigenvalue weighted by atomic mass is 10.1. The number of aromatic nitrogens is 2. The first-order valence-electron chi connectivity index (χ1n) is 5.74. The summed E-state index contributed by atoms with van der Waals surface area (Å²) in [5, 5.41) is 0. The first-order chi connectivity index (χ1) is 9.46. The molecule has 1 rings (SSSR count). The molecule has 4 nitrogen and oxygen atoms in total. The van der Waals surface area contributed by atoms with Gasteiger partial charge < -0.3 is 9.47 Å². The van der Waals surface area contributed by atoms with Crippen LogP contribution in [-0.4, -0.2) is 35.5 Å². The monoisotopic (exact) mass is 318 g/mol. The van der Waals surface area contributed by atoms with Gasteiger partial charge in [-0.25, -0.2) is 0 Å². The van der Waals surface area contributed by atoms with Crippen molar-refractivity contribution in [2.24, 2.45) is 0 Å². The van der Waals surface area contributed by atoms with E-state index in [2.05, 4.69) is 19.4 Å². The van der Waals surface area contributed by atoms with E-state index in [1.807, 2.05) is 0 Å². The summed E-state index contributed by atoms with van der Waals surface area (Å²) >= 11 is 0. The fourth-order valence-corrected chi connectivity index (χ4v) is 1.16. The van der Waals surface area contributed by atoms with Crippen LogP contribution in [0.4, 0.5) is 26.3 Å². The average Bonchev–Trinajstić information content (AvgIpc) is 2.32. The van der Waals surface area contributed by atoms with Crippen LogP contribution in [0, 0.1) is 0 Å². The molecule has 1 heterocycles. The zero-order chi connectivity index (χ0) is 16.3. The summed E-state index contributed by atoms with van der Waals surface area (Å²) in [6, 6.07) is 0.437. The van der Waals surface area contributed by atoms with Gasteiger partial charge in [0, 0.05) is 6.07 Å². The van der Waals surface area contributed by atoms with E-state index in [1.165, 1.54) is 0 Å². The van der Waals surface area contributed by atoms with Crippen molar-refractivity contribution < 1.29 is 35.8 Å². The summed E-state index contributed by atoms with van der Waals surface area (Å²) in [5.41, 5.74) is 0.208. The van der Waals surface area contributed by atoms with Crippen LogP contribution in [0.2, 0.25) is 0 Å². The first-order valence-corrected chi connectivity index (χ1v) is 5.74. The molecule has 0 unspecified atom stereocenters. The van der Waals surface area contributed by atoms with Crippen LogP contribution >= 0.6 is 0 Å². The maximum absolute atomic E-state index is 12.1. The molecule has 120 valence electrons. The smallest absolute Gasteiger partial charge is 0.422 e. The Morgan fingerprint density at radius 2 is 1.48 bits per heavy atom. The number of hydrogen-bond acceptors (Lipinski definition) is 4. The highest BCUT2D eigenvalue weighted by atomic mass is 19.4. The van der Waals surface area contributed by atoms with Crippen molar-refractivity contribution in [3.63, 3.8) is 0 Å². The zero-order valence-corrected chi connectivity index (χ0v) is 11.0. The van der Waals surface area contributed by atoms with Crippen molar-refractivity contribution in [3.8, 4) is 11.9 Å². The molecule has 0 aliphatic rings. The molecule has 0 spiro atoms. The van der Waals surface area contributed by atoms with E-state index in [1.54, 1.807) is 13.8 Å². The SMILES string of the molecule is CC(C)c1cc(OCC(F)(F)F)nc(OCC(F)(F)F)n1. The van der Waals surface area contributed by atoms with E-state index in [0.717, 1.165) is 6.07 Å². The van der Waals surface area contributed by atoms with Crippen LogP contribution in [0.15, 0.2) is 6.07 Å². The lowest BCUT2D eigenvalue weighted by Crippen LogP contribution is -2.22. The van der Waals surface area contributed by atoms with Gasteiger partial charge in [0.1, 0.15) is 0 Å². The summed E-state index contributed by atoms with van der Waals surface area (Å²) in [6.07, 6.45) is -9.19. The molecule has 0 aromatic carbocycles. The van der Waals surface area contributed by atoms with Gasteiger partial charge in [-0.1, -0.05) is 13.8 Å². The van der Waals surface area contributed by atoms with Gasteiger partial charge in [0.25, 0.3) is 0 Å². The first kappa shape index (κ1) is 17.3. The number of hydrogen-bond donors (Lipinski definition) is 0. The van der Waals surface area contributed by atoms with Crippen LogP contribution in [0.25, 0.3) is 0 Å². The van der Waals surface area contributed by atoms with Crippen LogP contribution in [-0.2, 0) is 0 Å². The fourth-order valence-electron chi connectivity index (χ4n) is 1.16. The van der Waals surface area contributed by atoms with Crippen molar-refractivity contribution in [3.05, 3.63) is 11.8 Å². The van der Waals surface area contributed by atoms with Gasteiger partial charge in [0.05, 0.1) is 5.69 Å². The second-order valence-corrected chi connectivity index (χ2v) is 4.38. The number of alkyl halides is 6. The Labute approximate surface area is 116 Å².